The third kappa shape index (κ3) is 2.38. The van der Waals surface area contributed by atoms with Gasteiger partial charge in [-0.25, -0.2) is 14.6 Å². The van der Waals surface area contributed by atoms with Crippen molar-refractivity contribution in [1.82, 2.24) is 19.7 Å². The second-order valence-electron chi connectivity index (χ2n) is 6.61. The highest BCUT2D eigenvalue weighted by Gasteiger charge is 2.30. The molecule has 6 nitrogen and oxygen atoms in total. The zero-order valence-electron chi connectivity index (χ0n) is 13.6. The number of rotatable bonds is 5. The summed E-state index contributed by atoms with van der Waals surface area (Å²) in [6.07, 6.45) is 6.67. The van der Waals surface area contributed by atoms with E-state index in [1.165, 1.54) is 25.7 Å². The van der Waals surface area contributed by atoms with E-state index in [9.17, 15) is 0 Å². The highest BCUT2D eigenvalue weighted by Crippen LogP contribution is 2.40. The van der Waals surface area contributed by atoms with Gasteiger partial charge in [-0.2, -0.15) is 5.10 Å². The summed E-state index contributed by atoms with van der Waals surface area (Å²) < 4.78 is 7.13. The first kappa shape index (κ1) is 13.8. The van der Waals surface area contributed by atoms with E-state index in [1.54, 1.807) is 7.11 Å². The van der Waals surface area contributed by atoms with Crippen molar-refractivity contribution in [3.63, 3.8) is 0 Å². The summed E-state index contributed by atoms with van der Waals surface area (Å²) in [7, 11) is 1.67. The molecule has 0 aliphatic heterocycles. The lowest BCUT2D eigenvalue weighted by Gasteiger charge is -2.09. The molecule has 2 aromatic heterocycles. The van der Waals surface area contributed by atoms with Gasteiger partial charge in [-0.3, -0.25) is 0 Å². The second kappa shape index (κ2) is 5.19. The predicted molar refractivity (Wildman–Crippen MR) is 91.8 cm³/mol. The molecule has 0 saturated heterocycles. The maximum atomic E-state index is 5.24. The minimum atomic E-state index is 0.508. The van der Waals surface area contributed by atoms with Crippen molar-refractivity contribution < 1.29 is 4.74 Å². The number of fused-ring (bicyclic) bond motifs is 1. The lowest BCUT2D eigenvalue weighted by Crippen LogP contribution is -2.07. The normalized spacial score (nSPS) is 17.2. The summed E-state index contributed by atoms with van der Waals surface area (Å²) in [5.41, 5.74) is 1.85. The average Bonchev–Trinajstić information content (AvgIpc) is 3.54. The standard InChI is InChI=1S/C18H19N5O/c1-24-14-8-6-13(7-9-14)23-18-15(10-19-23)17(20-12-4-5-12)21-16(22-18)11-2-3-11/h6-12H,2-5H2,1H3,(H,20,21,22). The maximum Gasteiger partial charge on any atom is 0.168 e. The number of benzene rings is 1. The molecular formula is C18H19N5O. The molecule has 2 aliphatic rings. The van der Waals surface area contributed by atoms with Gasteiger partial charge in [0.05, 0.1) is 24.4 Å². The number of ether oxygens (including phenoxy) is 1. The van der Waals surface area contributed by atoms with E-state index in [0.717, 1.165) is 34.1 Å². The minimum Gasteiger partial charge on any atom is -0.497 e. The summed E-state index contributed by atoms with van der Waals surface area (Å²) in [4.78, 5) is 9.60. The van der Waals surface area contributed by atoms with Gasteiger partial charge < -0.3 is 10.1 Å². The molecule has 0 radical (unpaired) electrons. The minimum absolute atomic E-state index is 0.508. The van der Waals surface area contributed by atoms with Gasteiger partial charge in [-0.15, -0.1) is 0 Å². The van der Waals surface area contributed by atoms with Crippen LogP contribution in [0.4, 0.5) is 5.82 Å². The van der Waals surface area contributed by atoms with Gasteiger partial charge >= 0.3 is 0 Å². The Labute approximate surface area is 139 Å². The fourth-order valence-electron chi connectivity index (χ4n) is 2.89. The summed E-state index contributed by atoms with van der Waals surface area (Å²) in [6.45, 7) is 0. The highest BCUT2D eigenvalue weighted by molar-refractivity contribution is 5.87. The molecule has 0 unspecified atom stereocenters. The molecule has 0 bridgehead atoms. The SMILES string of the molecule is COc1ccc(-n2ncc3c(NC4CC4)nc(C4CC4)nc32)cc1. The zero-order valence-corrected chi connectivity index (χ0v) is 13.6. The lowest BCUT2D eigenvalue weighted by molar-refractivity contribution is 0.414. The highest BCUT2D eigenvalue weighted by atomic mass is 16.5. The molecular weight excluding hydrogens is 302 g/mol. The molecule has 0 amide bonds. The Morgan fingerprint density at radius 1 is 1.08 bits per heavy atom. The summed E-state index contributed by atoms with van der Waals surface area (Å²) in [5, 5.41) is 9.09. The molecule has 0 spiro atoms. The quantitative estimate of drug-likeness (QED) is 0.781. The van der Waals surface area contributed by atoms with Crippen molar-refractivity contribution in [3.8, 4) is 11.4 Å². The first-order valence-electron chi connectivity index (χ1n) is 8.48. The van der Waals surface area contributed by atoms with E-state index in [0.29, 0.717) is 12.0 Å². The molecule has 1 aromatic carbocycles. The van der Waals surface area contributed by atoms with E-state index >= 15 is 0 Å². The number of anilines is 1. The zero-order chi connectivity index (χ0) is 16.1. The molecule has 2 saturated carbocycles. The third-order valence-electron chi connectivity index (χ3n) is 4.62. The van der Waals surface area contributed by atoms with Crippen molar-refractivity contribution in [3.05, 3.63) is 36.3 Å². The van der Waals surface area contributed by atoms with Crippen molar-refractivity contribution in [2.45, 2.75) is 37.6 Å². The lowest BCUT2D eigenvalue weighted by atomic mass is 10.3. The first-order valence-corrected chi connectivity index (χ1v) is 8.48. The second-order valence-corrected chi connectivity index (χ2v) is 6.61. The molecule has 1 N–H and O–H groups in total. The van der Waals surface area contributed by atoms with Crippen LogP contribution in [-0.4, -0.2) is 32.9 Å². The smallest absolute Gasteiger partial charge is 0.168 e. The van der Waals surface area contributed by atoms with E-state index in [4.69, 9.17) is 14.7 Å². The van der Waals surface area contributed by atoms with Crippen molar-refractivity contribution in [1.29, 1.82) is 0 Å². The number of nitrogens with zero attached hydrogens (tertiary/aromatic N) is 4. The fourth-order valence-corrected chi connectivity index (χ4v) is 2.89. The molecule has 24 heavy (non-hydrogen) atoms. The third-order valence-corrected chi connectivity index (χ3v) is 4.62. The molecule has 2 heterocycles. The maximum absolute atomic E-state index is 5.24. The van der Waals surface area contributed by atoms with Crippen molar-refractivity contribution in [2.24, 2.45) is 0 Å². The number of methoxy groups -OCH3 is 1. The van der Waals surface area contributed by atoms with Crippen molar-refractivity contribution >= 4 is 16.9 Å². The van der Waals surface area contributed by atoms with Crippen LogP contribution in [0.3, 0.4) is 0 Å². The Morgan fingerprint density at radius 2 is 1.88 bits per heavy atom. The first-order chi connectivity index (χ1) is 11.8. The summed E-state index contributed by atoms with van der Waals surface area (Å²) in [5.74, 6) is 3.22. The van der Waals surface area contributed by atoms with Crippen LogP contribution in [0.2, 0.25) is 0 Å². The van der Waals surface area contributed by atoms with Gasteiger partial charge in [0.2, 0.25) is 0 Å². The molecule has 6 heteroatoms. The Morgan fingerprint density at radius 3 is 2.54 bits per heavy atom. The number of aromatic nitrogens is 4. The Kier molecular flexibility index (Phi) is 2.98. The fraction of sp³-hybridized carbons (Fsp3) is 0.389. The van der Waals surface area contributed by atoms with Crippen LogP contribution in [0.25, 0.3) is 16.7 Å². The van der Waals surface area contributed by atoms with Crippen LogP contribution in [0.1, 0.15) is 37.4 Å². The van der Waals surface area contributed by atoms with Crippen LogP contribution < -0.4 is 10.1 Å². The molecule has 5 rings (SSSR count). The van der Waals surface area contributed by atoms with Crippen LogP contribution in [0.5, 0.6) is 5.75 Å². The summed E-state index contributed by atoms with van der Waals surface area (Å²) in [6, 6.07) is 8.43. The predicted octanol–water partition coefficient (Wildman–Crippen LogP) is 3.28. The number of nitrogens with one attached hydrogen (secondary N) is 1. The van der Waals surface area contributed by atoms with E-state index in [2.05, 4.69) is 10.4 Å². The Bertz CT molecular complexity index is 894. The van der Waals surface area contributed by atoms with Crippen LogP contribution in [0, 0.1) is 0 Å². The number of hydrogen-bond acceptors (Lipinski definition) is 5. The number of hydrogen-bond donors (Lipinski definition) is 1. The largest absolute Gasteiger partial charge is 0.497 e. The monoisotopic (exact) mass is 321 g/mol. The molecule has 2 fully saturated rings. The van der Waals surface area contributed by atoms with Gasteiger partial charge in [0.15, 0.2) is 5.65 Å². The Balaban J connectivity index is 1.64. The van der Waals surface area contributed by atoms with Gasteiger partial charge in [0.1, 0.15) is 17.4 Å². The topological polar surface area (TPSA) is 64.9 Å². The van der Waals surface area contributed by atoms with Crippen LogP contribution in [0.15, 0.2) is 30.5 Å². The van der Waals surface area contributed by atoms with Gasteiger partial charge in [-0.05, 0) is 49.9 Å². The molecule has 3 aromatic rings. The van der Waals surface area contributed by atoms with Gasteiger partial charge in [0, 0.05) is 12.0 Å². The molecule has 122 valence electrons. The summed E-state index contributed by atoms with van der Waals surface area (Å²) >= 11 is 0. The van der Waals surface area contributed by atoms with E-state index in [1.807, 2.05) is 35.1 Å². The van der Waals surface area contributed by atoms with Crippen molar-refractivity contribution in [2.75, 3.05) is 12.4 Å². The van der Waals surface area contributed by atoms with E-state index < -0.39 is 0 Å². The Hall–Kier alpha value is -2.63. The average molecular weight is 321 g/mol. The van der Waals surface area contributed by atoms with Gasteiger partial charge in [-0.1, -0.05) is 0 Å². The van der Waals surface area contributed by atoms with Gasteiger partial charge in [0.25, 0.3) is 0 Å². The van der Waals surface area contributed by atoms with Crippen LogP contribution >= 0.6 is 0 Å². The molecule has 2 aliphatic carbocycles. The van der Waals surface area contributed by atoms with E-state index in [-0.39, 0.29) is 0 Å². The molecule has 0 atom stereocenters. The van der Waals surface area contributed by atoms with Crippen LogP contribution in [-0.2, 0) is 0 Å².